The van der Waals surface area contributed by atoms with Gasteiger partial charge in [-0.25, -0.2) is 4.39 Å². The molecule has 1 aromatic carbocycles. The Bertz CT molecular complexity index is 468. The van der Waals surface area contributed by atoms with Crippen molar-refractivity contribution in [1.29, 1.82) is 0 Å². The Morgan fingerprint density at radius 1 is 1.10 bits per heavy atom. The molecule has 1 aliphatic carbocycles. The second kappa shape index (κ2) is 6.04. The maximum Gasteiger partial charge on any atom is 0.176 e. The normalized spacial score (nSPS) is 27.1. The molecule has 3 heteroatoms. The number of rotatable bonds is 3. The van der Waals surface area contributed by atoms with Gasteiger partial charge in [-0.1, -0.05) is 12.8 Å². The average Bonchev–Trinajstić information content (AvgIpc) is 2.48. The van der Waals surface area contributed by atoms with Crippen molar-refractivity contribution in [3.63, 3.8) is 0 Å². The van der Waals surface area contributed by atoms with E-state index in [1.54, 1.807) is 12.1 Å². The summed E-state index contributed by atoms with van der Waals surface area (Å²) in [6, 6.07) is 6.53. The van der Waals surface area contributed by atoms with Gasteiger partial charge in [0, 0.05) is 11.6 Å². The van der Waals surface area contributed by atoms with Gasteiger partial charge >= 0.3 is 0 Å². The second-order valence-corrected chi connectivity index (χ2v) is 6.15. The van der Waals surface area contributed by atoms with Crippen LogP contribution in [-0.4, -0.2) is 29.8 Å². The zero-order valence-corrected chi connectivity index (χ0v) is 11.9. The molecule has 108 valence electrons. The standard InChI is InChI=1S/C17H22FNO/c18-15-9-7-14(8-10-15)17(20)12-19-11-3-5-13-4-1-2-6-16(13)19/h7-10,13,16H,1-6,11-12H2. The van der Waals surface area contributed by atoms with Gasteiger partial charge in [-0.3, -0.25) is 9.69 Å². The first-order valence-electron chi connectivity index (χ1n) is 7.77. The van der Waals surface area contributed by atoms with Crippen molar-refractivity contribution in [3.05, 3.63) is 35.6 Å². The molecule has 0 bridgehead atoms. The third-order valence-corrected chi connectivity index (χ3v) is 4.87. The van der Waals surface area contributed by atoms with Gasteiger partial charge in [-0.05, 0) is 62.4 Å². The Kier molecular flexibility index (Phi) is 4.16. The molecule has 2 nitrogen and oxygen atoms in total. The summed E-state index contributed by atoms with van der Waals surface area (Å²) < 4.78 is 12.9. The van der Waals surface area contributed by atoms with Crippen LogP contribution in [0.3, 0.4) is 0 Å². The Morgan fingerprint density at radius 3 is 2.60 bits per heavy atom. The molecular weight excluding hydrogens is 253 g/mol. The highest BCUT2D eigenvalue weighted by atomic mass is 19.1. The summed E-state index contributed by atoms with van der Waals surface area (Å²) in [5.74, 6) is 0.626. The molecule has 1 saturated carbocycles. The van der Waals surface area contributed by atoms with E-state index in [0.717, 1.165) is 12.5 Å². The molecule has 0 amide bonds. The molecule has 3 rings (SSSR count). The van der Waals surface area contributed by atoms with Crippen molar-refractivity contribution in [2.75, 3.05) is 13.1 Å². The van der Waals surface area contributed by atoms with Crippen LogP contribution >= 0.6 is 0 Å². The zero-order chi connectivity index (χ0) is 13.9. The Labute approximate surface area is 120 Å². The van der Waals surface area contributed by atoms with E-state index in [9.17, 15) is 9.18 Å². The molecule has 1 heterocycles. The third-order valence-electron chi connectivity index (χ3n) is 4.87. The molecule has 0 spiro atoms. The molecule has 2 aliphatic rings. The molecular formula is C17H22FNO. The molecule has 20 heavy (non-hydrogen) atoms. The lowest BCUT2D eigenvalue weighted by atomic mass is 9.78. The number of halogens is 1. The number of hydrogen-bond acceptors (Lipinski definition) is 2. The van der Waals surface area contributed by atoms with Gasteiger partial charge in [0.1, 0.15) is 5.82 Å². The van der Waals surface area contributed by atoms with Crippen molar-refractivity contribution in [2.24, 2.45) is 5.92 Å². The van der Waals surface area contributed by atoms with E-state index in [0.29, 0.717) is 18.2 Å². The molecule has 0 N–H and O–H groups in total. The second-order valence-electron chi connectivity index (χ2n) is 6.15. The van der Waals surface area contributed by atoms with Gasteiger partial charge in [0.05, 0.1) is 6.54 Å². The van der Waals surface area contributed by atoms with E-state index in [1.807, 2.05) is 0 Å². The van der Waals surface area contributed by atoms with E-state index in [-0.39, 0.29) is 11.6 Å². The minimum Gasteiger partial charge on any atom is -0.293 e. The summed E-state index contributed by atoms with van der Waals surface area (Å²) in [7, 11) is 0. The number of carbonyl (C=O) groups is 1. The number of likely N-dealkylation sites (tertiary alicyclic amines) is 1. The van der Waals surface area contributed by atoms with Crippen LogP contribution in [0.25, 0.3) is 0 Å². The van der Waals surface area contributed by atoms with Crippen molar-refractivity contribution in [1.82, 2.24) is 4.90 Å². The number of nitrogens with zero attached hydrogens (tertiary/aromatic N) is 1. The van der Waals surface area contributed by atoms with E-state index < -0.39 is 0 Å². The molecule has 2 fully saturated rings. The number of piperidine rings is 1. The predicted octanol–water partition coefficient (Wildman–Crippen LogP) is 3.66. The summed E-state index contributed by atoms with van der Waals surface area (Å²) in [5, 5.41) is 0. The SMILES string of the molecule is O=C(CN1CCCC2CCCCC21)c1ccc(F)cc1. The Hall–Kier alpha value is -1.22. The molecule has 0 radical (unpaired) electrons. The molecule has 1 aromatic rings. The average molecular weight is 275 g/mol. The first-order valence-corrected chi connectivity index (χ1v) is 7.77. The lowest BCUT2D eigenvalue weighted by Gasteiger charge is -2.43. The summed E-state index contributed by atoms with van der Waals surface area (Å²) in [6.45, 7) is 1.53. The van der Waals surface area contributed by atoms with Crippen LogP contribution in [0.4, 0.5) is 4.39 Å². The van der Waals surface area contributed by atoms with Crippen LogP contribution in [0.1, 0.15) is 48.9 Å². The topological polar surface area (TPSA) is 20.3 Å². The fourth-order valence-electron chi connectivity index (χ4n) is 3.84. The van der Waals surface area contributed by atoms with Crippen molar-refractivity contribution in [3.8, 4) is 0 Å². The molecule has 2 unspecified atom stereocenters. The molecule has 1 aliphatic heterocycles. The number of ketones is 1. The van der Waals surface area contributed by atoms with Crippen LogP contribution in [0.2, 0.25) is 0 Å². The van der Waals surface area contributed by atoms with Gasteiger partial charge in [-0.2, -0.15) is 0 Å². The van der Waals surface area contributed by atoms with Crippen LogP contribution in [0, 0.1) is 11.7 Å². The van der Waals surface area contributed by atoms with Crippen molar-refractivity contribution in [2.45, 2.75) is 44.6 Å². The van der Waals surface area contributed by atoms with E-state index in [2.05, 4.69) is 4.90 Å². The number of benzene rings is 1. The maximum atomic E-state index is 12.9. The summed E-state index contributed by atoms with van der Waals surface area (Å²) in [6.07, 6.45) is 7.74. The van der Waals surface area contributed by atoms with Gasteiger partial charge in [0.25, 0.3) is 0 Å². The third kappa shape index (κ3) is 2.93. The molecule has 1 saturated heterocycles. The molecule has 2 atom stereocenters. The van der Waals surface area contributed by atoms with Crippen LogP contribution in [0.5, 0.6) is 0 Å². The van der Waals surface area contributed by atoms with E-state index >= 15 is 0 Å². The maximum absolute atomic E-state index is 12.9. The Balaban J connectivity index is 1.66. The highest BCUT2D eigenvalue weighted by Gasteiger charge is 2.33. The van der Waals surface area contributed by atoms with Crippen molar-refractivity contribution < 1.29 is 9.18 Å². The Morgan fingerprint density at radius 2 is 1.80 bits per heavy atom. The summed E-state index contributed by atoms with van der Waals surface area (Å²) >= 11 is 0. The number of hydrogen-bond donors (Lipinski definition) is 0. The minimum atomic E-state index is -0.285. The smallest absolute Gasteiger partial charge is 0.176 e. The lowest BCUT2D eigenvalue weighted by molar-refractivity contribution is 0.0539. The largest absolute Gasteiger partial charge is 0.293 e. The minimum absolute atomic E-state index is 0.122. The monoisotopic (exact) mass is 275 g/mol. The summed E-state index contributed by atoms with van der Waals surface area (Å²) in [4.78, 5) is 14.7. The zero-order valence-electron chi connectivity index (χ0n) is 11.9. The number of fused-ring (bicyclic) bond motifs is 1. The number of carbonyl (C=O) groups excluding carboxylic acids is 1. The summed E-state index contributed by atoms with van der Waals surface area (Å²) in [5.41, 5.74) is 0.629. The van der Waals surface area contributed by atoms with E-state index in [4.69, 9.17) is 0 Å². The highest BCUT2D eigenvalue weighted by molar-refractivity contribution is 5.97. The lowest BCUT2D eigenvalue weighted by Crippen LogP contribution is -2.48. The van der Waals surface area contributed by atoms with Crippen LogP contribution in [0.15, 0.2) is 24.3 Å². The van der Waals surface area contributed by atoms with Crippen LogP contribution in [-0.2, 0) is 0 Å². The quantitative estimate of drug-likeness (QED) is 0.785. The fourth-order valence-corrected chi connectivity index (χ4v) is 3.84. The van der Waals surface area contributed by atoms with Gasteiger partial charge in [-0.15, -0.1) is 0 Å². The van der Waals surface area contributed by atoms with Crippen molar-refractivity contribution >= 4 is 5.78 Å². The van der Waals surface area contributed by atoms with E-state index in [1.165, 1.54) is 50.7 Å². The molecule has 0 aromatic heterocycles. The van der Waals surface area contributed by atoms with Gasteiger partial charge < -0.3 is 0 Å². The number of Topliss-reactive ketones (excluding diaryl/α,β-unsaturated/α-hetero) is 1. The van der Waals surface area contributed by atoms with Crippen LogP contribution < -0.4 is 0 Å². The van der Waals surface area contributed by atoms with Gasteiger partial charge in [0.15, 0.2) is 5.78 Å². The first-order chi connectivity index (χ1) is 9.74. The highest BCUT2D eigenvalue weighted by Crippen LogP contribution is 2.35. The predicted molar refractivity (Wildman–Crippen MR) is 77.3 cm³/mol. The fraction of sp³-hybridized carbons (Fsp3) is 0.588. The first kappa shape index (κ1) is 13.7. The van der Waals surface area contributed by atoms with Gasteiger partial charge in [0.2, 0.25) is 0 Å².